The topological polar surface area (TPSA) is 0 Å². The van der Waals surface area contributed by atoms with Crippen LogP contribution in [0, 0.1) is 11.6 Å². The number of halogens is 3. The normalized spacial score (nSPS) is 10.8. The predicted octanol–water partition coefficient (Wildman–Crippen LogP) is 3.85. The summed E-state index contributed by atoms with van der Waals surface area (Å²) >= 11 is 2.91. The molecule has 0 aliphatic heterocycles. The zero-order valence-electron chi connectivity index (χ0n) is 6.87. The van der Waals surface area contributed by atoms with Crippen LogP contribution in [0.2, 0.25) is 0 Å². The summed E-state index contributed by atoms with van der Waals surface area (Å²) in [6.07, 6.45) is 0. The molecular weight excluding hydrogens is 226 g/mol. The van der Waals surface area contributed by atoms with E-state index in [-0.39, 0.29) is 16.2 Å². The van der Waals surface area contributed by atoms with Crippen LogP contribution in [0.15, 0.2) is 16.6 Å². The Bertz CT molecular complexity index is 295. The van der Waals surface area contributed by atoms with E-state index in [1.165, 1.54) is 6.07 Å². The van der Waals surface area contributed by atoms with Crippen molar-refractivity contribution in [2.75, 3.05) is 0 Å². The molecule has 0 atom stereocenters. The van der Waals surface area contributed by atoms with Gasteiger partial charge in [-0.05, 0) is 39.5 Å². The summed E-state index contributed by atoms with van der Waals surface area (Å²) < 4.78 is 26.2. The minimum atomic E-state index is -0.417. The summed E-state index contributed by atoms with van der Waals surface area (Å²) in [6.45, 7) is 3.65. The lowest BCUT2D eigenvalue weighted by atomic mass is 10.0. The van der Waals surface area contributed by atoms with Crippen LogP contribution in [0.1, 0.15) is 25.3 Å². The Morgan fingerprint density at radius 2 is 1.75 bits per heavy atom. The Morgan fingerprint density at radius 1 is 1.17 bits per heavy atom. The van der Waals surface area contributed by atoms with Crippen LogP contribution < -0.4 is 0 Å². The molecule has 0 fully saturated rings. The monoisotopic (exact) mass is 234 g/mol. The first-order chi connectivity index (χ1) is 5.52. The highest BCUT2D eigenvalue weighted by atomic mass is 79.9. The van der Waals surface area contributed by atoms with Gasteiger partial charge in [0.2, 0.25) is 0 Å². The van der Waals surface area contributed by atoms with Crippen LogP contribution in [-0.2, 0) is 0 Å². The van der Waals surface area contributed by atoms with Crippen molar-refractivity contribution in [3.8, 4) is 0 Å². The Morgan fingerprint density at radius 3 is 2.25 bits per heavy atom. The van der Waals surface area contributed by atoms with Crippen molar-refractivity contribution in [2.24, 2.45) is 0 Å². The maximum atomic E-state index is 13.1. The second kappa shape index (κ2) is 3.52. The van der Waals surface area contributed by atoms with Gasteiger partial charge in [0.1, 0.15) is 11.6 Å². The molecule has 0 spiro atoms. The van der Waals surface area contributed by atoms with E-state index in [1.54, 1.807) is 0 Å². The molecule has 3 heteroatoms. The SMILES string of the molecule is CC(C)c1cc(F)c(Br)cc1F. The third kappa shape index (κ3) is 1.83. The molecule has 0 radical (unpaired) electrons. The lowest BCUT2D eigenvalue weighted by Gasteiger charge is -2.07. The molecule has 0 bridgehead atoms. The van der Waals surface area contributed by atoms with Crippen molar-refractivity contribution >= 4 is 15.9 Å². The molecule has 0 nitrogen and oxygen atoms in total. The summed E-state index contributed by atoms with van der Waals surface area (Å²) in [5, 5.41) is 0. The van der Waals surface area contributed by atoms with Crippen LogP contribution in [0.3, 0.4) is 0 Å². The van der Waals surface area contributed by atoms with Crippen molar-refractivity contribution in [1.29, 1.82) is 0 Å². The third-order valence-electron chi connectivity index (χ3n) is 1.66. The van der Waals surface area contributed by atoms with Crippen LogP contribution in [-0.4, -0.2) is 0 Å². The minimum Gasteiger partial charge on any atom is -0.207 e. The van der Waals surface area contributed by atoms with Crippen molar-refractivity contribution in [2.45, 2.75) is 19.8 Å². The highest BCUT2D eigenvalue weighted by Gasteiger charge is 2.10. The highest BCUT2D eigenvalue weighted by molar-refractivity contribution is 9.10. The molecule has 0 aromatic heterocycles. The van der Waals surface area contributed by atoms with Gasteiger partial charge >= 0.3 is 0 Å². The third-order valence-corrected chi connectivity index (χ3v) is 2.27. The van der Waals surface area contributed by atoms with Crippen molar-refractivity contribution in [3.05, 3.63) is 33.8 Å². The number of benzene rings is 1. The molecule has 0 saturated carbocycles. The van der Waals surface area contributed by atoms with Gasteiger partial charge in [0, 0.05) is 0 Å². The smallest absolute Gasteiger partial charge is 0.137 e. The average Bonchev–Trinajstić information content (AvgIpc) is 1.96. The molecule has 1 aromatic rings. The van der Waals surface area contributed by atoms with Crippen LogP contribution in [0.4, 0.5) is 8.78 Å². The molecule has 1 aromatic carbocycles. The summed E-state index contributed by atoms with van der Waals surface area (Å²) in [5.74, 6) is -0.772. The standard InChI is InChI=1S/C9H9BrF2/c1-5(2)6-3-9(12)7(10)4-8(6)11/h3-5H,1-2H3. The molecular formula is C9H9BrF2. The van der Waals surface area contributed by atoms with Gasteiger partial charge in [0.15, 0.2) is 0 Å². The Balaban J connectivity index is 3.23. The summed E-state index contributed by atoms with van der Waals surface area (Å²) in [7, 11) is 0. The fourth-order valence-electron chi connectivity index (χ4n) is 0.980. The first-order valence-corrected chi connectivity index (χ1v) is 4.46. The van der Waals surface area contributed by atoms with E-state index in [4.69, 9.17) is 0 Å². The number of hydrogen-bond acceptors (Lipinski definition) is 0. The van der Waals surface area contributed by atoms with E-state index in [0.717, 1.165) is 6.07 Å². The molecule has 0 amide bonds. The molecule has 0 aliphatic carbocycles. The fourth-order valence-corrected chi connectivity index (χ4v) is 1.30. The zero-order valence-corrected chi connectivity index (χ0v) is 8.45. The molecule has 0 heterocycles. The second-order valence-electron chi connectivity index (χ2n) is 2.94. The van der Waals surface area contributed by atoms with Crippen molar-refractivity contribution in [1.82, 2.24) is 0 Å². The van der Waals surface area contributed by atoms with Crippen LogP contribution >= 0.6 is 15.9 Å². The average molecular weight is 235 g/mol. The lowest BCUT2D eigenvalue weighted by Crippen LogP contribution is -1.94. The molecule has 0 aliphatic rings. The molecule has 0 saturated heterocycles. The van der Waals surface area contributed by atoms with Gasteiger partial charge in [-0.15, -0.1) is 0 Å². The molecule has 0 unspecified atom stereocenters. The summed E-state index contributed by atoms with van der Waals surface area (Å²) in [5.41, 5.74) is 0.413. The Kier molecular flexibility index (Phi) is 2.83. The van der Waals surface area contributed by atoms with E-state index in [1.807, 2.05) is 13.8 Å². The van der Waals surface area contributed by atoms with Gasteiger partial charge in [-0.25, -0.2) is 8.78 Å². The molecule has 12 heavy (non-hydrogen) atoms. The van der Waals surface area contributed by atoms with Gasteiger partial charge in [-0.2, -0.15) is 0 Å². The van der Waals surface area contributed by atoms with E-state index in [0.29, 0.717) is 5.56 Å². The summed E-state index contributed by atoms with van der Waals surface area (Å²) in [4.78, 5) is 0. The Hall–Kier alpha value is -0.440. The van der Waals surface area contributed by atoms with Gasteiger partial charge in [-0.1, -0.05) is 13.8 Å². The number of rotatable bonds is 1. The highest BCUT2D eigenvalue weighted by Crippen LogP contribution is 2.24. The Labute approximate surface area is 78.7 Å². The van der Waals surface area contributed by atoms with Gasteiger partial charge < -0.3 is 0 Å². The van der Waals surface area contributed by atoms with E-state index >= 15 is 0 Å². The van der Waals surface area contributed by atoms with Gasteiger partial charge in [0.05, 0.1) is 4.47 Å². The van der Waals surface area contributed by atoms with Gasteiger partial charge in [-0.3, -0.25) is 0 Å². The summed E-state index contributed by atoms with van der Waals surface area (Å²) in [6, 6.07) is 2.38. The zero-order chi connectivity index (χ0) is 9.30. The number of hydrogen-bond donors (Lipinski definition) is 0. The van der Waals surface area contributed by atoms with E-state index in [2.05, 4.69) is 15.9 Å². The van der Waals surface area contributed by atoms with E-state index in [9.17, 15) is 8.78 Å². The quantitative estimate of drug-likeness (QED) is 0.648. The minimum absolute atomic E-state index is 0.00704. The van der Waals surface area contributed by atoms with Crippen LogP contribution in [0.25, 0.3) is 0 Å². The lowest BCUT2D eigenvalue weighted by molar-refractivity contribution is 0.571. The van der Waals surface area contributed by atoms with Crippen molar-refractivity contribution in [3.63, 3.8) is 0 Å². The van der Waals surface area contributed by atoms with E-state index < -0.39 is 5.82 Å². The first-order valence-electron chi connectivity index (χ1n) is 3.67. The molecule has 66 valence electrons. The van der Waals surface area contributed by atoms with Gasteiger partial charge in [0.25, 0.3) is 0 Å². The second-order valence-corrected chi connectivity index (χ2v) is 3.80. The maximum absolute atomic E-state index is 13.1. The van der Waals surface area contributed by atoms with Crippen LogP contribution in [0.5, 0.6) is 0 Å². The molecule has 1 rings (SSSR count). The fraction of sp³-hybridized carbons (Fsp3) is 0.333. The first kappa shape index (κ1) is 9.65. The maximum Gasteiger partial charge on any atom is 0.137 e. The van der Waals surface area contributed by atoms with Crippen molar-refractivity contribution < 1.29 is 8.78 Å². The molecule has 0 N–H and O–H groups in total. The largest absolute Gasteiger partial charge is 0.207 e. The predicted molar refractivity (Wildman–Crippen MR) is 48.1 cm³/mol.